The predicted octanol–water partition coefficient (Wildman–Crippen LogP) is 11.8. The molecular weight excluding hydrogens is 735 g/mol. The lowest BCUT2D eigenvalue weighted by Gasteiger charge is -2.18. The van der Waals surface area contributed by atoms with E-state index in [1.165, 1.54) is 0 Å². The van der Waals surface area contributed by atoms with Crippen LogP contribution in [0.2, 0.25) is 0 Å². The van der Waals surface area contributed by atoms with Gasteiger partial charge in [0.15, 0.2) is 11.6 Å². The monoisotopic (exact) mass is 771 g/mol. The number of dihydropyridines is 1. The minimum absolute atomic E-state index is 0.605. The molecule has 7 nitrogen and oxygen atoms in total. The van der Waals surface area contributed by atoms with Crippen molar-refractivity contribution in [3.8, 4) is 79.1 Å². The maximum absolute atomic E-state index is 5.29. The van der Waals surface area contributed by atoms with Gasteiger partial charge in [0.2, 0.25) is 0 Å². The molecule has 60 heavy (non-hydrogen) atoms. The van der Waals surface area contributed by atoms with Gasteiger partial charge < -0.3 is 5.32 Å². The minimum Gasteiger partial charge on any atom is -0.380 e. The molecule has 0 saturated heterocycles. The Balaban J connectivity index is 1.07. The topological polar surface area (TPSA) is 89.4 Å². The second-order valence-electron chi connectivity index (χ2n) is 14.4. The molecule has 0 radical (unpaired) electrons. The zero-order valence-electron chi connectivity index (χ0n) is 32.5. The standard InChI is InChI=1S/C53H37N7/c1-6-16-36(17-7-1)43-32-50(48-30-41(26-28-54-48)46-34-44(37-18-8-2-9-19-37)57-52(59-46)39-22-12-4-13-23-39)56-51(33-43)49-31-42(27-29-55-49)47-35-45(38-20-10-3-11-21-38)58-53(60-47)40-24-14-5-15-25-40/h1-28,30-35,55H,29H2. The minimum atomic E-state index is 0.605. The summed E-state index contributed by atoms with van der Waals surface area (Å²) in [5, 5.41) is 3.61. The first kappa shape index (κ1) is 36.2. The van der Waals surface area contributed by atoms with Crippen molar-refractivity contribution in [3.63, 3.8) is 0 Å². The van der Waals surface area contributed by atoms with Gasteiger partial charge in [0.05, 0.1) is 45.6 Å². The number of hydrogen-bond donors (Lipinski definition) is 1. The van der Waals surface area contributed by atoms with Crippen molar-refractivity contribution in [1.29, 1.82) is 0 Å². The number of rotatable bonds is 9. The van der Waals surface area contributed by atoms with Gasteiger partial charge in [-0.15, -0.1) is 0 Å². The highest BCUT2D eigenvalue weighted by atomic mass is 14.9. The number of aromatic nitrogens is 6. The molecule has 5 aromatic carbocycles. The van der Waals surface area contributed by atoms with Crippen molar-refractivity contribution >= 4 is 11.3 Å². The van der Waals surface area contributed by atoms with E-state index in [-0.39, 0.29) is 0 Å². The number of nitrogens with one attached hydrogen (secondary N) is 1. The van der Waals surface area contributed by atoms with Crippen molar-refractivity contribution < 1.29 is 0 Å². The number of nitrogens with zero attached hydrogens (tertiary/aromatic N) is 6. The van der Waals surface area contributed by atoms with Crippen molar-refractivity contribution in [2.24, 2.45) is 0 Å². The second-order valence-corrected chi connectivity index (χ2v) is 14.4. The number of hydrogen-bond acceptors (Lipinski definition) is 7. The Morgan fingerprint density at radius 2 is 0.783 bits per heavy atom. The average molecular weight is 772 g/mol. The van der Waals surface area contributed by atoms with Gasteiger partial charge in [-0.25, -0.2) is 24.9 Å². The van der Waals surface area contributed by atoms with Crippen LogP contribution in [0.25, 0.3) is 90.3 Å². The van der Waals surface area contributed by atoms with Gasteiger partial charge in [-0.3, -0.25) is 4.98 Å². The van der Waals surface area contributed by atoms with Crippen LogP contribution < -0.4 is 5.32 Å². The quantitative estimate of drug-likeness (QED) is 0.156. The molecule has 0 spiro atoms. The summed E-state index contributed by atoms with van der Waals surface area (Å²) < 4.78 is 0. The maximum Gasteiger partial charge on any atom is 0.160 e. The van der Waals surface area contributed by atoms with Crippen LogP contribution >= 0.6 is 0 Å². The molecule has 1 aliphatic rings. The van der Waals surface area contributed by atoms with E-state index >= 15 is 0 Å². The van der Waals surface area contributed by atoms with E-state index in [4.69, 9.17) is 29.9 Å². The average Bonchev–Trinajstić information content (AvgIpc) is 3.35. The number of pyridine rings is 2. The SMILES string of the molecule is C1=C(c2cc(-c3ccccc3)nc(-c3ccccc3)n2)C=C(c2cc(-c3ccccc3)cc(-c3cc(-c4cc(-c5ccccc5)nc(-c5ccccc5)n4)ccn3)n2)NC1. The largest absolute Gasteiger partial charge is 0.380 e. The normalized spacial score (nSPS) is 12.3. The number of benzene rings is 5. The first-order chi connectivity index (χ1) is 29.7. The van der Waals surface area contributed by atoms with Gasteiger partial charge in [0.25, 0.3) is 0 Å². The van der Waals surface area contributed by atoms with E-state index in [1.807, 2.05) is 121 Å². The molecule has 10 rings (SSSR count). The second kappa shape index (κ2) is 16.4. The molecule has 4 aromatic heterocycles. The van der Waals surface area contributed by atoms with Crippen molar-refractivity contribution in [1.82, 2.24) is 35.2 Å². The van der Waals surface area contributed by atoms with E-state index in [1.54, 1.807) is 0 Å². The van der Waals surface area contributed by atoms with E-state index < -0.39 is 0 Å². The molecule has 7 heteroatoms. The maximum atomic E-state index is 5.29. The predicted molar refractivity (Wildman–Crippen MR) is 242 cm³/mol. The van der Waals surface area contributed by atoms with Crippen molar-refractivity contribution in [2.45, 2.75) is 0 Å². The van der Waals surface area contributed by atoms with Crippen LogP contribution in [-0.4, -0.2) is 36.4 Å². The van der Waals surface area contributed by atoms with Crippen LogP contribution in [0.4, 0.5) is 0 Å². The fourth-order valence-electron chi connectivity index (χ4n) is 7.34. The molecule has 0 bridgehead atoms. The van der Waals surface area contributed by atoms with Gasteiger partial charge in [0.1, 0.15) is 0 Å². The van der Waals surface area contributed by atoms with Crippen LogP contribution in [0.1, 0.15) is 11.4 Å². The molecule has 0 atom stereocenters. The summed E-state index contributed by atoms with van der Waals surface area (Å²) in [6.45, 7) is 0.605. The summed E-state index contributed by atoms with van der Waals surface area (Å²) in [5.74, 6) is 1.33. The third-order valence-electron chi connectivity index (χ3n) is 10.4. The summed E-state index contributed by atoms with van der Waals surface area (Å²) in [4.78, 5) is 30.4. The zero-order chi connectivity index (χ0) is 40.1. The molecule has 0 fully saturated rings. The smallest absolute Gasteiger partial charge is 0.160 e. The Morgan fingerprint density at radius 3 is 1.35 bits per heavy atom. The third-order valence-corrected chi connectivity index (χ3v) is 10.4. The highest BCUT2D eigenvalue weighted by Crippen LogP contribution is 2.34. The summed E-state index contributed by atoms with van der Waals surface area (Å²) in [6.07, 6.45) is 6.13. The van der Waals surface area contributed by atoms with Crippen molar-refractivity contribution in [2.75, 3.05) is 6.54 Å². The van der Waals surface area contributed by atoms with Crippen LogP contribution in [0.3, 0.4) is 0 Å². The van der Waals surface area contributed by atoms with Crippen LogP contribution in [0.15, 0.2) is 206 Å². The zero-order valence-corrected chi connectivity index (χ0v) is 32.5. The highest BCUT2D eigenvalue weighted by Gasteiger charge is 2.18. The Kier molecular flexibility index (Phi) is 9.87. The van der Waals surface area contributed by atoms with Gasteiger partial charge >= 0.3 is 0 Å². The molecule has 1 N–H and O–H groups in total. The van der Waals surface area contributed by atoms with E-state index in [0.29, 0.717) is 18.2 Å². The molecule has 9 aromatic rings. The molecule has 0 amide bonds. The summed E-state index contributed by atoms with van der Waals surface area (Å²) >= 11 is 0. The first-order valence-corrected chi connectivity index (χ1v) is 19.9. The summed E-state index contributed by atoms with van der Waals surface area (Å²) in [7, 11) is 0. The van der Waals surface area contributed by atoms with Crippen LogP contribution in [-0.2, 0) is 0 Å². The van der Waals surface area contributed by atoms with E-state index in [2.05, 4.69) is 90.3 Å². The molecular formula is C53H37N7. The fraction of sp³-hybridized carbons (Fsp3) is 0.0189. The van der Waals surface area contributed by atoms with E-state index in [9.17, 15) is 0 Å². The molecule has 284 valence electrons. The van der Waals surface area contributed by atoms with Crippen LogP contribution in [0, 0.1) is 0 Å². The van der Waals surface area contributed by atoms with Gasteiger partial charge in [-0.2, -0.15) is 0 Å². The van der Waals surface area contributed by atoms with Crippen molar-refractivity contribution in [3.05, 3.63) is 218 Å². The Labute approximate surface area is 348 Å². The Bertz CT molecular complexity index is 2890. The lowest BCUT2D eigenvalue weighted by Crippen LogP contribution is -2.17. The molecule has 0 saturated carbocycles. The highest BCUT2D eigenvalue weighted by molar-refractivity contribution is 5.87. The summed E-state index contributed by atoms with van der Waals surface area (Å²) in [5.41, 5.74) is 14.5. The van der Waals surface area contributed by atoms with Gasteiger partial charge in [-0.1, -0.05) is 158 Å². The fourth-order valence-corrected chi connectivity index (χ4v) is 7.34. The Hall–Kier alpha value is -8.16. The molecule has 0 unspecified atom stereocenters. The third kappa shape index (κ3) is 7.75. The van der Waals surface area contributed by atoms with E-state index in [0.717, 1.165) is 90.1 Å². The molecule has 1 aliphatic heterocycles. The Morgan fingerprint density at radius 1 is 0.333 bits per heavy atom. The first-order valence-electron chi connectivity index (χ1n) is 19.9. The lowest BCUT2D eigenvalue weighted by atomic mass is 9.99. The molecule has 0 aliphatic carbocycles. The van der Waals surface area contributed by atoms with Gasteiger partial charge in [0, 0.05) is 46.1 Å². The molecule has 5 heterocycles. The van der Waals surface area contributed by atoms with Crippen LogP contribution in [0.5, 0.6) is 0 Å². The number of allylic oxidation sites excluding steroid dienone is 2. The van der Waals surface area contributed by atoms with Gasteiger partial charge in [-0.05, 0) is 53.6 Å². The summed E-state index contributed by atoms with van der Waals surface area (Å²) in [6, 6.07) is 63.5. The lowest BCUT2D eigenvalue weighted by molar-refractivity contribution is 0.982.